The van der Waals surface area contributed by atoms with Crippen LogP contribution >= 0.6 is 0 Å². The van der Waals surface area contributed by atoms with Crippen molar-refractivity contribution < 1.29 is 37.9 Å². The number of methoxy groups -OCH3 is 8. The first-order valence-corrected chi connectivity index (χ1v) is 40.9. The van der Waals surface area contributed by atoms with E-state index < -0.39 is 8.07 Å². The maximum Gasteiger partial charge on any atom is 0.182 e. The Morgan fingerprint density at radius 3 is 0.393 bits per heavy atom. The van der Waals surface area contributed by atoms with Crippen LogP contribution in [0.1, 0.15) is 0 Å². The smallest absolute Gasteiger partial charge is 0.182 e. The molecule has 0 bridgehead atoms. The molecule has 12 nitrogen and oxygen atoms in total. The van der Waals surface area contributed by atoms with Crippen LogP contribution in [0.4, 0.5) is 68.2 Å². The predicted octanol–water partition coefficient (Wildman–Crippen LogP) is 23.6. The number of fused-ring (bicyclic) bond motifs is 10. The van der Waals surface area contributed by atoms with Gasteiger partial charge in [0.05, 0.1) is 56.9 Å². The van der Waals surface area contributed by atoms with Crippen LogP contribution in [0.25, 0.3) is 66.8 Å². The Kier molecular flexibility index (Phi) is 20.0. The summed E-state index contributed by atoms with van der Waals surface area (Å²) in [5, 5.41) is 5.35. The van der Waals surface area contributed by atoms with Gasteiger partial charge in [0.25, 0.3) is 0 Å². The normalized spacial score (nSPS) is 11.8. The van der Waals surface area contributed by atoms with Crippen molar-refractivity contribution in [2.24, 2.45) is 0 Å². The quantitative estimate of drug-likeness (QED) is 0.0540. The summed E-state index contributed by atoms with van der Waals surface area (Å²) >= 11 is 0. The van der Waals surface area contributed by atoms with E-state index in [-0.39, 0.29) is 0 Å². The molecular weight excluding hydrogens is 1460 g/mol. The predicted molar refractivity (Wildman–Crippen MR) is 481 cm³/mol. The Morgan fingerprint density at radius 1 is 0.145 bits per heavy atom. The van der Waals surface area contributed by atoms with Crippen molar-refractivity contribution in [1.82, 2.24) is 0 Å². The molecule has 16 aromatic carbocycles. The molecule has 2 heterocycles. The van der Waals surface area contributed by atoms with Crippen LogP contribution in [-0.4, -0.2) is 65.0 Å². The maximum atomic E-state index is 5.65. The first kappa shape index (κ1) is 73.8. The van der Waals surface area contributed by atoms with Gasteiger partial charge in [-0.2, -0.15) is 0 Å². The van der Waals surface area contributed by atoms with Gasteiger partial charge in [-0.25, -0.2) is 0 Å². The lowest BCUT2D eigenvalue weighted by atomic mass is 9.98. The average Bonchev–Trinajstić information content (AvgIpc) is 1.50. The van der Waals surface area contributed by atoms with Gasteiger partial charge in [-0.15, -0.1) is 0 Å². The van der Waals surface area contributed by atoms with Crippen molar-refractivity contribution in [3.63, 3.8) is 0 Å². The molecule has 13 heteroatoms. The molecule has 2 aliphatic heterocycles. The molecule has 572 valence electrons. The van der Waals surface area contributed by atoms with E-state index in [1.807, 2.05) is 97.1 Å². The van der Waals surface area contributed by atoms with Crippen molar-refractivity contribution in [2.75, 3.05) is 76.5 Å². The molecule has 0 saturated carbocycles. The number of ether oxygens (including phenoxy) is 8. The molecule has 2 aliphatic rings. The zero-order valence-corrected chi connectivity index (χ0v) is 67.2. The minimum atomic E-state index is -3.45. The zero-order chi connectivity index (χ0) is 79.7. The first-order valence-electron chi connectivity index (χ1n) is 38.9. The lowest BCUT2D eigenvalue weighted by Crippen LogP contribution is -2.70. The standard InChI is InChI=1S/C104H84N4O8Si/c1-109-89-45-29-81(30-46-89)105(82-31-47-90(110-2)48-32-82)77-21-9-69(10-22-77)73-17-61-97-98-62-18-74(70-11-23-78(24-12-70)106(83-33-49-91(111-3)50-34-83)84-35-51-92(112-4)52-36-84)66-102(98)117(101(97)65-73)103-67-75(71-13-25-79(26-14-71)107(85-37-53-93(113-5)54-38-85)86-39-55-94(114-6)56-40-86)19-63-99(103)100-64-20-76(68-104(100)117)72-15-27-80(28-16-72)108(87-41-57-95(115-7)58-42-87)88-43-59-96(116-8)60-44-88/h9-68H,1-8H3. The third-order valence-electron chi connectivity index (χ3n) is 22.8. The largest absolute Gasteiger partial charge is 0.497 e. The van der Waals surface area contributed by atoms with Crippen molar-refractivity contribution in [2.45, 2.75) is 0 Å². The Morgan fingerprint density at radius 2 is 0.265 bits per heavy atom. The van der Waals surface area contributed by atoms with Gasteiger partial charge in [0.1, 0.15) is 46.0 Å². The number of benzene rings is 16. The fraction of sp³-hybridized carbons (Fsp3) is 0.0769. The van der Waals surface area contributed by atoms with Crippen LogP contribution in [0.3, 0.4) is 0 Å². The highest BCUT2D eigenvalue weighted by Crippen LogP contribution is 2.46. The van der Waals surface area contributed by atoms with Gasteiger partial charge < -0.3 is 57.5 Å². The van der Waals surface area contributed by atoms with E-state index in [1.165, 1.54) is 43.0 Å². The number of rotatable bonds is 24. The molecule has 0 aromatic heterocycles. The molecular formula is C104H84N4O8Si. The maximum absolute atomic E-state index is 5.65. The molecule has 1 spiro atoms. The van der Waals surface area contributed by atoms with E-state index in [2.05, 4.69) is 287 Å². The van der Waals surface area contributed by atoms with Crippen LogP contribution in [0.5, 0.6) is 46.0 Å². The lowest BCUT2D eigenvalue weighted by molar-refractivity contribution is 0.414. The van der Waals surface area contributed by atoms with Gasteiger partial charge in [0.2, 0.25) is 0 Å². The van der Waals surface area contributed by atoms with E-state index >= 15 is 0 Å². The second-order valence-corrected chi connectivity index (χ2v) is 32.6. The Balaban J connectivity index is 0.820. The van der Waals surface area contributed by atoms with Crippen LogP contribution < -0.4 is 78.2 Å². The summed E-state index contributed by atoms with van der Waals surface area (Å²) < 4.78 is 45.2. The average molecular weight is 1550 g/mol. The van der Waals surface area contributed by atoms with Gasteiger partial charge in [-0.05, 0) is 330 Å². The van der Waals surface area contributed by atoms with Gasteiger partial charge in [-0.1, -0.05) is 121 Å². The van der Waals surface area contributed by atoms with E-state index in [1.54, 1.807) is 56.9 Å². The monoisotopic (exact) mass is 1540 g/mol. The molecule has 0 radical (unpaired) electrons. The van der Waals surface area contributed by atoms with Crippen LogP contribution in [-0.2, 0) is 0 Å². The summed E-state index contributed by atoms with van der Waals surface area (Å²) in [6, 6.07) is 131. The van der Waals surface area contributed by atoms with Gasteiger partial charge >= 0.3 is 0 Å². The van der Waals surface area contributed by atoms with E-state index in [0.717, 1.165) is 159 Å². The van der Waals surface area contributed by atoms with Crippen molar-refractivity contribution >= 4 is 97.1 Å². The third-order valence-corrected chi connectivity index (χ3v) is 27.6. The highest BCUT2D eigenvalue weighted by Gasteiger charge is 2.55. The van der Waals surface area contributed by atoms with Crippen molar-refractivity contribution in [1.29, 1.82) is 0 Å². The summed E-state index contributed by atoms with van der Waals surface area (Å²) in [5.74, 6) is 6.29. The van der Waals surface area contributed by atoms with E-state index in [9.17, 15) is 0 Å². The summed E-state index contributed by atoms with van der Waals surface area (Å²) in [4.78, 5) is 9.08. The second kappa shape index (κ2) is 31.7. The minimum absolute atomic E-state index is 0.786. The Bertz CT molecular complexity index is 5270. The van der Waals surface area contributed by atoms with Crippen LogP contribution in [0, 0.1) is 0 Å². The third kappa shape index (κ3) is 13.8. The molecule has 16 aromatic rings. The molecule has 0 fully saturated rings. The fourth-order valence-corrected chi connectivity index (χ4v) is 22.5. The number of hydrogen-bond donors (Lipinski definition) is 0. The molecule has 0 unspecified atom stereocenters. The summed E-state index contributed by atoms with van der Waals surface area (Å²) in [6.45, 7) is 0. The van der Waals surface area contributed by atoms with Crippen molar-refractivity contribution in [3.05, 3.63) is 364 Å². The molecule has 0 N–H and O–H groups in total. The number of hydrogen-bond acceptors (Lipinski definition) is 12. The topological polar surface area (TPSA) is 86.8 Å². The van der Waals surface area contributed by atoms with Crippen molar-refractivity contribution in [3.8, 4) is 113 Å². The highest BCUT2D eigenvalue weighted by molar-refractivity contribution is 7.24. The molecule has 18 rings (SSSR count). The van der Waals surface area contributed by atoms with E-state index in [4.69, 9.17) is 37.9 Å². The van der Waals surface area contributed by atoms with E-state index in [0.29, 0.717) is 0 Å². The fourth-order valence-electron chi connectivity index (χ4n) is 16.8. The zero-order valence-electron chi connectivity index (χ0n) is 66.2. The first-order chi connectivity index (χ1) is 57.5. The molecule has 0 amide bonds. The second-order valence-electron chi connectivity index (χ2n) is 28.9. The van der Waals surface area contributed by atoms with Gasteiger partial charge in [-0.3, -0.25) is 0 Å². The lowest BCUT2D eigenvalue weighted by Gasteiger charge is -2.29. The Hall–Kier alpha value is -14.7. The number of nitrogens with zero attached hydrogens (tertiary/aromatic N) is 4. The minimum Gasteiger partial charge on any atom is -0.497 e. The number of anilines is 12. The van der Waals surface area contributed by atoms with Crippen LogP contribution in [0.15, 0.2) is 364 Å². The molecule has 0 saturated heterocycles. The molecule has 117 heavy (non-hydrogen) atoms. The van der Waals surface area contributed by atoms with Gasteiger partial charge in [0.15, 0.2) is 8.07 Å². The summed E-state index contributed by atoms with van der Waals surface area (Å²) in [7, 11) is 10.1. The summed E-state index contributed by atoms with van der Waals surface area (Å²) in [6.07, 6.45) is 0. The Labute approximate surface area is 684 Å². The molecule has 0 atom stereocenters. The summed E-state index contributed by atoms with van der Waals surface area (Å²) in [5.41, 5.74) is 25.8. The molecule has 0 aliphatic carbocycles. The SMILES string of the molecule is COc1ccc(N(c2ccc(OC)cc2)c2ccc(-c3ccc4c(c3)[Si]3(c5cc(-c6ccc(N(c7ccc(OC)cc7)c7ccc(OC)cc7)cc6)ccc5-4)c4cc(-c5ccc(N(c6ccc(OC)cc6)c6ccc(OC)cc6)cc5)ccc4-c4ccc(-c5ccc(N(c6ccc(OC)cc6)c6ccc(OC)cc6)cc5)cc43)cc2)cc1. The van der Waals surface area contributed by atoms with Gasteiger partial charge in [0, 0.05) is 68.2 Å². The highest BCUT2D eigenvalue weighted by atomic mass is 28.3. The van der Waals surface area contributed by atoms with Crippen LogP contribution in [0.2, 0.25) is 0 Å².